The first kappa shape index (κ1) is 23.6. The van der Waals surface area contributed by atoms with Crippen LogP contribution >= 0.6 is 23.2 Å². The van der Waals surface area contributed by atoms with Gasteiger partial charge in [-0.05, 0) is 62.4 Å². The summed E-state index contributed by atoms with van der Waals surface area (Å²) in [5, 5.41) is 23.9. The number of carboxylic acid groups (broad SMARTS) is 1. The van der Waals surface area contributed by atoms with E-state index in [1.54, 1.807) is 62.4 Å². The van der Waals surface area contributed by atoms with E-state index in [9.17, 15) is 19.6 Å². The fourth-order valence-electron chi connectivity index (χ4n) is 3.61. The fraction of sp³-hybridized carbons (Fsp3) is 0.286. The van der Waals surface area contributed by atoms with E-state index in [0.29, 0.717) is 26.5 Å². The topological polar surface area (TPSA) is 113 Å². The molecule has 4 amide bonds. The Bertz CT molecular complexity index is 1010. The number of halogens is 2. The summed E-state index contributed by atoms with van der Waals surface area (Å²) in [5.41, 5.74) is -0.367. The molecule has 11 heteroatoms. The molecule has 0 bridgehead atoms. The first-order chi connectivity index (χ1) is 15.0. The van der Waals surface area contributed by atoms with Crippen LogP contribution in [0, 0.1) is 0 Å². The normalized spacial score (nSPS) is 17.4. The molecule has 1 heterocycles. The first-order valence-electron chi connectivity index (χ1n) is 9.65. The van der Waals surface area contributed by atoms with E-state index >= 15 is 0 Å². The molecule has 1 saturated heterocycles. The molecule has 0 saturated carbocycles. The number of amides is 4. The van der Waals surface area contributed by atoms with Gasteiger partial charge in [-0.1, -0.05) is 23.2 Å². The van der Waals surface area contributed by atoms with Gasteiger partial charge in [0.05, 0.1) is 12.0 Å². The highest BCUT2D eigenvalue weighted by molar-refractivity contribution is 6.31. The minimum Gasteiger partial charge on any atom is -0.481 e. The van der Waals surface area contributed by atoms with Gasteiger partial charge >= 0.3 is 18.0 Å². The molecule has 0 unspecified atom stereocenters. The maximum atomic E-state index is 13.3. The Morgan fingerprint density at radius 2 is 1.59 bits per heavy atom. The van der Waals surface area contributed by atoms with Crippen molar-refractivity contribution in [3.63, 3.8) is 0 Å². The summed E-state index contributed by atoms with van der Waals surface area (Å²) in [6, 6.07) is 11.2. The number of anilines is 2. The molecule has 2 aromatic rings. The van der Waals surface area contributed by atoms with E-state index in [-0.39, 0.29) is 13.0 Å². The van der Waals surface area contributed by atoms with Gasteiger partial charge < -0.3 is 15.3 Å². The molecule has 3 N–H and O–H groups in total. The van der Waals surface area contributed by atoms with Crippen molar-refractivity contribution in [2.24, 2.45) is 0 Å². The van der Waals surface area contributed by atoms with E-state index in [2.05, 4.69) is 5.32 Å². The molecule has 0 radical (unpaired) electrons. The molecule has 170 valence electrons. The van der Waals surface area contributed by atoms with Gasteiger partial charge in [-0.2, -0.15) is 5.06 Å². The zero-order chi connectivity index (χ0) is 23.6. The molecule has 9 nitrogen and oxygen atoms in total. The summed E-state index contributed by atoms with van der Waals surface area (Å²) in [4.78, 5) is 39.8. The number of rotatable bonds is 6. The van der Waals surface area contributed by atoms with Crippen LogP contribution in [0.2, 0.25) is 10.0 Å². The average molecular weight is 481 g/mol. The third-order valence-corrected chi connectivity index (χ3v) is 5.70. The maximum absolute atomic E-state index is 13.3. The van der Waals surface area contributed by atoms with E-state index in [0.717, 1.165) is 0 Å². The number of benzene rings is 2. The summed E-state index contributed by atoms with van der Waals surface area (Å²) in [6.45, 7) is 3.19. The molecule has 1 atom stereocenters. The van der Waals surface area contributed by atoms with Crippen LogP contribution in [-0.2, 0) is 4.79 Å². The van der Waals surface area contributed by atoms with Crippen molar-refractivity contribution in [2.45, 2.75) is 32.0 Å². The monoisotopic (exact) mass is 480 g/mol. The SMILES string of the molecule is CC1(C)[C@@H](N(O)C(=O)Nc2ccc(Cl)cc2)N(c2ccc(Cl)cc2)C(=O)N1CCC(=O)O. The van der Waals surface area contributed by atoms with Crippen molar-refractivity contribution in [3.8, 4) is 0 Å². The zero-order valence-electron chi connectivity index (χ0n) is 17.3. The predicted molar refractivity (Wildman–Crippen MR) is 120 cm³/mol. The Balaban J connectivity index is 1.96. The van der Waals surface area contributed by atoms with Crippen molar-refractivity contribution in [3.05, 3.63) is 58.6 Å². The highest BCUT2D eigenvalue weighted by atomic mass is 35.5. The number of nitrogens with one attached hydrogen (secondary N) is 1. The number of carbonyl (C=O) groups is 3. The summed E-state index contributed by atoms with van der Waals surface area (Å²) in [5.74, 6) is -1.07. The molecule has 1 fully saturated rings. The number of hydrogen-bond acceptors (Lipinski definition) is 4. The van der Waals surface area contributed by atoms with Crippen LogP contribution in [0.3, 0.4) is 0 Å². The van der Waals surface area contributed by atoms with Crippen LogP contribution in [-0.4, -0.2) is 56.6 Å². The third kappa shape index (κ3) is 4.74. The number of carboxylic acids is 1. The van der Waals surface area contributed by atoms with Crippen LogP contribution in [0.25, 0.3) is 0 Å². The van der Waals surface area contributed by atoms with Crippen molar-refractivity contribution in [2.75, 3.05) is 16.8 Å². The highest BCUT2D eigenvalue weighted by Crippen LogP contribution is 2.38. The summed E-state index contributed by atoms with van der Waals surface area (Å²) >= 11 is 11.8. The van der Waals surface area contributed by atoms with E-state index in [1.807, 2.05) is 0 Å². The van der Waals surface area contributed by atoms with Crippen LogP contribution in [0.1, 0.15) is 20.3 Å². The largest absolute Gasteiger partial charge is 0.481 e. The lowest BCUT2D eigenvalue weighted by atomic mass is 9.99. The van der Waals surface area contributed by atoms with Gasteiger partial charge in [0, 0.05) is 28.0 Å². The van der Waals surface area contributed by atoms with E-state index in [4.69, 9.17) is 28.3 Å². The minimum atomic E-state index is -1.17. The lowest BCUT2D eigenvalue weighted by Gasteiger charge is -2.38. The molecule has 32 heavy (non-hydrogen) atoms. The van der Waals surface area contributed by atoms with Crippen LogP contribution < -0.4 is 10.2 Å². The standard InChI is InChI=1S/C21H22Cl2N4O5/c1-21(2)18(27(32)19(30)24-15-7-3-13(22)4-8-15)26(16-9-5-14(23)6-10-16)20(31)25(21)12-11-17(28)29/h3-10,18,32H,11-12H2,1-2H3,(H,24,30)(H,28,29)/t18-/m1/s1. The smallest absolute Gasteiger partial charge is 0.347 e. The lowest BCUT2D eigenvalue weighted by Crippen LogP contribution is -2.58. The second kappa shape index (κ2) is 9.23. The Morgan fingerprint density at radius 3 is 2.12 bits per heavy atom. The second-order valence-corrected chi connectivity index (χ2v) is 8.61. The summed E-state index contributed by atoms with van der Waals surface area (Å²) in [6.07, 6.45) is -1.46. The molecule has 2 aromatic carbocycles. The zero-order valence-corrected chi connectivity index (χ0v) is 18.8. The molecule has 1 aliphatic rings. The average Bonchev–Trinajstić information content (AvgIpc) is 2.93. The molecule has 1 aliphatic heterocycles. The second-order valence-electron chi connectivity index (χ2n) is 7.73. The fourth-order valence-corrected chi connectivity index (χ4v) is 3.87. The number of hydrogen-bond donors (Lipinski definition) is 3. The van der Waals surface area contributed by atoms with E-state index in [1.165, 1.54) is 9.80 Å². The lowest BCUT2D eigenvalue weighted by molar-refractivity contribution is -0.137. The minimum absolute atomic E-state index is 0.103. The van der Waals surface area contributed by atoms with Gasteiger partial charge in [0.15, 0.2) is 6.17 Å². The number of hydroxylamine groups is 2. The number of carbonyl (C=O) groups excluding carboxylic acids is 2. The van der Waals surface area contributed by atoms with Crippen LogP contribution in [0.15, 0.2) is 48.5 Å². The number of urea groups is 2. The molecular weight excluding hydrogens is 459 g/mol. The first-order valence-corrected chi connectivity index (χ1v) is 10.4. The maximum Gasteiger partial charge on any atom is 0.347 e. The molecular formula is C21H22Cl2N4O5. The van der Waals surface area contributed by atoms with Gasteiger partial charge in [-0.3, -0.25) is 14.9 Å². The van der Waals surface area contributed by atoms with Gasteiger partial charge in [0.1, 0.15) is 0 Å². The number of nitrogens with zero attached hydrogens (tertiary/aromatic N) is 3. The predicted octanol–water partition coefficient (Wildman–Crippen LogP) is 4.74. The number of aliphatic carboxylic acids is 1. The Morgan fingerprint density at radius 1 is 1.06 bits per heavy atom. The Kier molecular flexibility index (Phi) is 6.82. The van der Waals surface area contributed by atoms with Gasteiger partial charge in [-0.15, -0.1) is 0 Å². The van der Waals surface area contributed by atoms with Gasteiger partial charge in [0.25, 0.3) is 0 Å². The van der Waals surface area contributed by atoms with Crippen LogP contribution in [0.4, 0.5) is 21.0 Å². The van der Waals surface area contributed by atoms with Crippen LogP contribution in [0.5, 0.6) is 0 Å². The Hall–Kier alpha value is -3.01. The van der Waals surface area contributed by atoms with E-state index < -0.39 is 29.7 Å². The van der Waals surface area contributed by atoms with Gasteiger partial charge in [-0.25, -0.2) is 9.59 Å². The van der Waals surface area contributed by atoms with Crippen molar-refractivity contribution < 1.29 is 24.7 Å². The molecule has 3 rings (SSSR count). The third-order valence-electron chi connectivity index (χ3n) is 5.20. The van der Waals surface area contributed by atoms with Crippen molar-refractivity contribution in [1.29, 1.82) is 0 Å². The summed E-state index contributed by atoms with van der Waals surface area (Å²) < 4.78 is 0. The molecule has 0 spiro atoms. The Labute approximate surface area is 194 Å². The molecule has 0 aromatic heterocycles. The quantitative estimate of drug-likeness (QED) is 0.408. The van der Waals surface area contributed by atoms with Crippen molar-refractivity contribution in [1.82, 2.24) is 9.96 Å². The highest BCUT2D eigenvalue weighted by Gasteiger charge is 2.56. The summed E-state index contributed by atoms with van der Waals surface area (Å²) in [7, 11) is 0. The van der Waals surface area contributed by atoms with Crippen molar-refractivity contribution >= 4 is 52.6 Å². The molecule has 0 aliphatic carbocycles. The van der Waals surface area contributed by atoms with Gasteiger partial charge in [0.2, 0.25) is 0 Å².